The summed E-state index contributed by atoms with van der Waals surface area (Å²) in [6.07, 6.45) is 0.100. The molecule has 1 heterocycles. The molecule has 1 atom stereocenters. The number of carbonyl (C=O) groups is 3. The molecule has 128 valence electrons. The van der Waals surface area contributed by atoms with Crippen molar-refractivity contribution in [2.45, 2.75) is 11.7 Å². The summed E-state index contributed by atoms with van der Waals surface area (Å²) in [5.41, 5.74) is 1.15. The number of thioether (sulfide) groups is 1. The summed E-state index contributed by atoms with van der Waals surface area (Å²) in [4.78, 5) is 37.8. The molecule has 0 aliphatic carbocycles. The van der Waals surface area contributed by atoms with Crippen LogP contribution in [0.1, 0.15) is 6.42 Å². The molecule has 2 aromatic carbocycles. The predicted molar refractivity (Wildman–Crippen MR) is 99.9 cm³/mol. The van der Waals surface area contributed by atoms with Crippen LogP contribution in [0.3, 0.4) is 0 Å². The van der Waals surface area contributed by atoms with E-state index < -0.39 is 5.25 Å². The van der Waals surface area contributed by atoms with E-state index in [0.717, 1.165) is 0 Å². The smallest absolute Gasteiger partial charge is 0.247 e. The van der Waals surface area contributed by atoms with Gasteiger partial charge in [0.1, 0.15) is 0 Å². The lowest BCUT2D eigenvalue weighted by atomic mass is 10.3. The highest BCUT2D eigenvalue weighted by Crippen LogP contribution is 2.29. The summed E-state index contributed by atoms with van der Waals surface area (Å²) in [7, 11) is 0. The number of carbonyl (C=O) groups excluding carboxylic acids is 3. The number of amides is 3. The lowest BCUT2D eigenvalue weighted by Gasteiger charge is -2.14. The Morgan fingerprint density at radius 1 is 1.16 bits per heavy atom. The molecule has 0 spiro atoms. The summed E-state index contributed by atoms with van der Waals surface area (Å²) in [6.45, 7) is 0. The number of halogens is 1. The van der Waals surface area contributed by atoms with Crippen molar-refractivity contribution in [3.05, 3.63) is 59.6 Å². The summed E-state index contributed by atoms with van der Waals surface area (Å²) in [5, 5.41) is 2.71. The molecule has 0 aromatic heterocycles. The number of imide groups is 1. The normalized spacial score (nSPS) is 17.0. The minimum absolute atomic E-state index is 0.0822. The Balaban J connectivity index is 1.58. The lowest BCUT2D eigenvalue weighted by molar-refractivity contribution is -0.121. The Morgan fingerprint density at radius 3 is 2.64 bits per heavy atom. The van der Waals surface area contributed by atoms with Gasteiger partial charge in [-0.1, -0.05) is 35.9 Å². The van der Waals surface area contributed by atoms with Crippen LogP contribution in [0, 0.1) is 0 Å². The first kappa shape index (κ1) is 17.5. The number of nitrogens with zero attached hydrogens (tertiary/aromatic N) is 1. The van der Waals surface area contributed by atoms with Crippen molar-refractivity contribution in [1.82, 2.24) is 0 Å². The van der Waals surface area contributed by atoms with Crippen LogP contribution >= 0.6 is 23.4 Å². The second kappa shape index (κ2) is 7.72. The molecule has 7 heteroatoms. The maximum Gasteiger partial charge on any atom is 0.247 e. The largest absolute Gasteiger partial charge is 0.325 e. The topological polar surface area (TPSA) is 66.5 Å². The average molecular weight is 375 g/mol. The van der Waals surface area contributed by atoms with E-state index in [0.29, 0.717) is 16.4 Å². The SMILES string of the molecule is O=C(CS[C@H]1CC(=O)N(c2ccccc2)C1=O)Nc1cccc(Cl)c1. The molecule has 1 aliphatic heterocycles. The molecule has 1 aliphatic rings. The molecular formula is C18H15ClN2O3S. The number of hydrogen-bond acceptors (Lipinski definition) is 4. The third-order valence-corrected chi connectivity index (χ3v) is 5.08. The van der Waals surface area contributed by atoms with Gasteiger partial charge < -0.3 is 5.32 Å². The summed E-state index contributed by atoms with van der Waals surface area (Å²) >= 11 is 7.04. The van der Waals surface area contributed by atoms with Gasteiger partial charge in [0.2, 0.25) is 17.7 Å². The van der Waals surface area contributed by atoms with E-state index in [1.807, 2.05) is 6.07 Å². The van der Waals surface area contributed by atoms with Crippen LogP contribution in [0.4, 0.5) is 11.4 Å². The van der Waals surface area contributed by atoms with Gasteiger partial charge in [0.25, 0.3) is 0 Å². The van der Waals surface area contributed by atoms with Crippen molar-refractivity contribution in [3.8, 4) is 0 Å². The van der Waals surface area contributed by atoms with E-state index >= 15 is 0 Å². The first-order chi connectivity index (χ1) is 12.0. The van der Waals surface area contributed by atoms with Crippen LogP contribution in [-0.4, -0.2) is 28.7 Å². The van der Waals surface area contributed by atoms with Crippen molar-refractivity contribution >= 4 is 52.5 Å². The van der Waals surface area contributed by atoms with E-state index in [-0.39, 0.29) is 29.9 Å². The molecule has 2 aromatic rings. The fourth-order valence-electron chi connectivity index (χ4n) is 2.52. The number of hydrogen-bond donors (Lipinski definition) is 1. The maximum atomic E-state index is 12.5. The monoisotopic (exact) mass is 374 g/mol. The van der Waals surface area contributed by atoms with Crippen LogP contribution in [0.2, 0.25) is 5.02 Å². The standard InChI is InChI=1S/C18H15ClN2O3S/c19-12-5-4-6-13(9-12)20-16(22)11-25-15-10-17(23)21(18(15)24)14-7-2-1-3-8-14/h1-9,15H,10-11H2,(H,20,22)/t15-/m0/s1. The van der Waals surface area contributed by atoms with Gasteiger partial charge in [0.05, 0.1) is 16.7 Å². The molecule has 0 unspecified atom stereocenters. The summed E-state index contributed by atoms with van der Waals surface area (Å²) in [5.74, 6) is -0.690. The zero-order valence-corrected chi connectivity index (χ0v) is 14.7. The molecule has 3 rings (SSSR count). The van der Waals surface area contributed by atoms with Crippen LogP contribution in [-0.2, 0) is 14.4 Å². The van der Waals surface area contributed by atoms with Gasteiger partial charge in [-0.3, -0.25) is 14.4 Å². The summed E-state index contributed by atoms with van der Waals surface area (Å²) in [6, 6.07) is 15.6. The predicted octanol–water partition coefficient (Wildman–Crippen LogP) is 3.34. The number of rotatable bonds is 5. The zero-order chi connectivity index (χ0) is 17.8. The molecule has 1 N–H and O–H groups in total. The van der Waals surface area contributed by atoms with Crippen molar-refractivity contribution in [2.75, 3.05) is 16.0 Å². The van der Waals surface area contributed by atoms with Crippen LogP contribution in [0.15, 0.2) is 54.6 Å². The van der Waals surface area contributed by atoms with Crippen molar-refractivity contribution in [3.63, 3.8) is 0 Å². The minimum Gasteiger partial charge on any atom is -0.325 e. The molecule has 0 radical (unpaired) electrons. The molecule has 5 nitrogen and oxygen atoms in total. The second-order valence-corrected chi connectivity index (χ2v) is 7.09. The molecular weight excluding hydrogens is 360 g/mol. The van der Waals surface area contributed by atoms with Gasteiger partial charge in [-0.15, -0.1) is 11.8 Å². The second-order valence-electron chi connectivity index (χ2n) is 5.47. The van der Waals surface area contributed by atoms with Gasteiger partial charge in [-0.2, -0.15) is 0 Å². The van der Waals surface area contributed by atoms with Crippen LogP contribution < -0.4 is 10.2 Å². The van der Waals surface area contributed by atoms with Gasteiger partial charge in [-0.05, 0) is 30.3 Å². The van der Waals surface area contributed by atoms with E-state index in [4.69, 9.17) is 11.6 Å². The first-order valence-corrected chi connectivity index (χ1v) is 9.06. The van der Waals surface area contributed by atoms with E-state index in [9.17, 15) is 14.4 Å². The van der Waals surface area contributed by atoms with Crippen LogP contribution in [0.5, 0.6) is 0 Å². The Labute approximate surface area is 154 Å². The van der Waals surface area contributed by atoms with Gasteiger partial charge >= 0.3 is 0 Å². The molecule has 0 bridgehead atoms. The van der Waals surface area contributed by atoms with Crippen molar-refractivity contribution < 1.29 is 14.4 Å². The number of anilines is 2. The Hall–Kier alpha value is -2.31. The van der Waals surface area contributed by atoms with E-state index in [1.54, 1.807) is 48.5 Å². The Morgan fingerprint density at radius 2 is 1.92 bits per heavy atom. The first-order valence-electron chi connectivity index (χ1n) is 7.63. The quantitative estimate of drug-likeness (QED) is 0.815. The van der Waals surface area contributed by atoms with Crippen molar-refractivity contribution in [2.24, 2.45) is 0 Å². The third kappa shape index (κ3) is 4.21. The van der Waals surface area contributed by atoms with Gasteiger partial charge in [0.15, 0.2) is 0 Å². The van der Waals surface area contributed by atoms with Gasteiger partial charge in [0, 0.05) is 17.1 Å². The fraction of sp³-hybridized carbons (Fsp3) is 0.167. The van der Waals surface area contributed by atoms with E-state index in [2.05, 4.69) is 5.32 Å². The number of benzene rings is 2. The minimum atomic E-state index is -0.544. The fourth-order valence-corrected chi connectivity index (χ4v) is 3.65. The molecule has 1 saturated heterocycles. The van der Waals surface area contributed by atoms with Gasteiger partial charge in [-0.25, -0.2) is 4.90 Å². The third-order valence-electron chi connectivity index (χ3n) is 3.64. The highest BCUT2D eigenvalue weighted by molar-refractivity contribution is 8.01. The highest BCUT2D eigenvalue weighted by atomic mass is 35.5. The average Bonchev–Trinajstić information content (AvgIpc) is 2.87. The zero-order valence-electron chi connectivity index (χ0n) is 13.1. The number of nitrogens with one attached hydrogen (secondary N) is 1. The molecule has 1 fully saturated rings. The maximum absolute atomic E-state index is 12.5. The van der Waals surface area contributed by atoms with Crippen molar-refractivity contribution in [1.29, 1.82) is 0 Å². The van der Waals surface area contributed by atoms with E-state index in [1.165, 1.54) is 16.7 Å². The van der Waals surface area contributed by atoms with Crippen LogP contribution in [0.25, 0.3) is 0 Å². The number of para-hydroxylation sites is 1. The Kier molecular flexibility index (Phi) is 5.40. The molecule has 0 saturated carbocycles. The lowest BCUT2D eigenvalue weighted by Crippen LogP contribution is -2.31. The molecule has 3 amide bonds. The summed E-state index contributed by atoms with van der Waals surface area (Å²) < 4.78 is 0. The Bertz CT molecular complexity index is 813. The highest BCUT2D eigenvalue weighted by Gasteiger charge is 2.39. The molecule has 25 heavy (non-hydrogen) atoms.